The van der Waals surface area contributed by atoms with Crippen LogP contribution < -0.4 is 0 Å². The van der Waals surface area contributed by atoms with E-state index in [4.69, 9.17) is 0 Å². The Kier molecular flexibility index (Phi) is 3.82. The number of imidazole rings is 1. The van der Waals surface area contributed by atoms with Crippen molar-refractivity contribution in [3.8, 4) is 0 Å². The maximum Gasteiger partial charge on any atom is 0.284 e. The normalized spacial score (nSPS) is 11.7. The molecule has 0 atom stereocenters. The van der Waals surface area contributed by atoms with Gasteiger partial charge in [0.2, 0.25) is 0 Å². The summed E-state index contributed by atoms with van der Waals surface area (Å²) in [6, 6.07) is 9.45. The number of sulfone groups is 1. The summed E-state index contributed by atoms with van der Waals surface area (Å²) in [5.41, 5.74) is 0.607. The van der Waals surface area contributed by atoms with E-state index in [1.165, 1.54) is 12.1 Å². The van der Waals surface area contributed by atoms with Crippen LogP contribution in [0.15, 0.2) is 63.7 Å². The monoisotopic (exact) mass is 349 g/mol. The van der Waals surface area contributed by atoms with Gasteiger partial charge in [-0.25, -0.2) is 13.4 Å². The third-order valence-corrected chi connectivity index (χ3v) is 5.32. The van der Waals surface area contributed by atoms with Gasteiger partial charge in [-0.2, -0.15) is 0 Å². The van der Waals surface area contributed by atoms with Crippen molar-refractivity contribution in [2.24, 2.45) is 0 Å². The van der Waals surface area contributed by atoms with Crippen molar-refractivity contribution >= 4 is 32.8 Å². The molecule has 3 aromatic rings. The Morgan fingerprint density at radius 3 is 2.74 bits per heavy atom. The Hall–Kier alpha value is -2.39. The summed E-state index contributed by atoms with van der Waals surface area (Å²) in [6.07, 6.45) is 4.49. The molecule has 0 unspecified atom stereocenters. The first-order valence-corrected chi connectivity index (χ1v) is 9.15. The molecule has 9 heteroatoms. The molecule has 0 radical (unpaired) electrons. The number of fused-ring (bicyclic) bond motifs is 1. The number of nitro groups is 1. The van der Waals surface area contributed by atoms with E-state index in [1.807, 2.05) is 18.2 Å². The molecule has 7 nitrogen and oxygen atoms in total. The maximum absolute atomic E-state index is 11.6. The minimum absolute atomic E-state index is 0.0819. The lowest BCUT2D eigenvalue weighted by molar-refractivity contribution is -0.388. The second-order valence-corrected chi connectivity index (χ2v) is 7.82. The highest BCUT2D eigenvalue weighted by molar-refractivity contribution is 7.99. The molecule has 0 bridgehead atoms. The van der Waals surface area contributed by atoms with Gasteiger partial charge in [0.15, 0.2) is 15.0 Å². The van der Waals surface area contributed by atoms with Crippen molar-refractivity contribution in [3.05, 3.63) is 58.9 Å². The van der Waals surface area contributed by atoms with E-state index in [9.17, 15) is 18.5 Å². The van der Waals surface area contributed by atoms with E-state index < -0.39 is 14.8 Å². The quantitative estimate of drug-likeness (QED) is 0.531. The molecule has 3 rings (SSSR count). The van der Waals surface area contributed by atoms with Crippen molar-refractivity contribution in [3.63, 3.8) is 0 Å². The summed E-state index contributed by atoms with van der Waals surface area (Å²) in [4.78, 5) is 15.2. The number of nitrogens with zero attached hydrogens (tertiary/aromatic N) is 3. The molecule has 23 heavy (non-hydrogen) atoms. The zero-order valence-corrected chi connectivity index (χ0v) is 13.5. The number of rotatable bonds is 4. The first kappa shape index (κ1) is 15.5. The maximum atomic E-state index is 11.6. The molecular weight excluding hydrogens is 338 g/mol. The fourth-order valence-corrected chi connectivity index (χ4v) is 3.63. The Morgan fingerprint density at radius 1 is 1.26 bits per heavy atom. The highest BCUT2D eigenvalue weighted by Crippen LogP contribution is 2.35. The van der Waals surface area contributed by atoms with Gasteiger partial charge in [-0.3, -0.25) is 14.5 Å². The van der Waals surface area contributed by atoms with Crippen LogP contribution in [0, 0.1) is 10.1 Å². The van der Waals surface area contributed by atoms with Gasteiger partial charge in [0.25, 0.3) is 5.69 Å². The van der Waals surface area contributed by atoms with Crippen LogP contribution in [0.1, 0.15) is 0 Å². The van der Waals surface area contributed by atoms with Gasteiger partial charge in [0, 0.05) is 18.5 Å². The SMILES string of the molecule is CS(=O)(=O)c1ccc(Sc2ncc3ccccn23)c([N+](=O)[O-])c1. The summed E-state index contributed by atoms with van der Waals surface area (Å²) in [5, 5.41) is 11.8. The zero-order valence-electron chi connectivity index (χ0n) is 11.9. The van der Waals surface area contributed by atoms with Gasteiger partial charge >= 0.3 is 0 Å². The van der Waals surface area contributed by atoms with Crippen LogP contribution in [0.3, 0.4) is 0 Å². The van der Waals surface area contributed by atoms with Crippen LogP contribution in [0.25, 0.3) is 5.52 Å². The molecule has 0 saturated heterocycles. The molecule has 0 N–H and O–H groups in total. The number of nitro benzene ring substituents is 1. The summed E-state index contributed by atoms with van der Waals surface area (Å²) in [7, 11) is -3.51. The van der Waals surface area contributed by atoms with Gasteiger partial charge in [0.1, 0.15) is 0 Å². The minimum Gasteiger partial charge on any atom is -0.295 e. The standard InChI is InChI=1S/C14H11N3O4S2/c1-23(20,21)11-5-6-13(12(8-11)17(18)19)22-14-15-9-10-4-2-3-7-16(10)14/h2-9H,1H3. The summed E-state index contributed by atoms with van der Waals surface area (Å²) >= 11 is 1.11. The highest BCUT2D eigenvalue weighted by atomic mass is 32.2. The smallest absolute Gasteiger partial charge is 0.284 e. The molecule has 1 aromatic carbocycles. The number of hydrogen-bond acceptors (Lipinski definition) is 6. The molecule has 2 heterocycles. The lowest BCUT2D eigenvalue weighted by Gasteiger charge is -2.04. The van der Waals surface area contributed by atoms with Gasteiger partial charge in [0.05, 0.1) is 26.4 Å². The predicted octanol–water partition coefficient (Wildman–Crippen LogP) is 2.80. The molecule has 0 amide bonds. The van der Waals surface area contributed by atoms with Crippen molar-refractivity contribution in [1.82, 2.24) is 9.38 Å². The molecule has 2 aromatic heterocycles. The van der Waals surface area contributed by atoms with Crippen molar-refractivity contribution < 1.29 is 13.3 Å². The van der Waals surface area contributed by atoms with Crippen molar-refractivity contribution in [2.45, 2.75) is 14.9 Å². The molecular formula is C14H11N3O4S2. The van der Waals surface area contributed by atoms with E-state index in [0.29, 0.717) is 10.1 Å². The largest absolute Gasteiger partial charge is 0.295 e. The van der Waals surface area contributed by atoms with Crippen LogP contribution in [-0.4, -0.2) is 29.0 Å². The van der Waals surface area contributed by atoms with Crippen LogP contribution in [-0.2, 0) is 9.84 Å². The lowest BCUT2D eigenvalue weighted by atomic mass is 10.3. The van der Waals surface area contributed by atoms with E-state index >= 15 is 0 Å². The van der Waals surface area contributed by atoms with Crippen LogP contribution in [0.5, 0.6) is 0 Å². The van der Waals surface area contributed by atoms with E-state index in [0.717, 1.165) is 29.6 Å². The van der Waals surface area contributed by atoms with E-state index in [1.54, 1.807) is 16.8 Å². The van der Waals surface area contributed by atoms with Crippen LogP contribution in [0.4, 0.5) is 5.69 Å². The summed E-state index contributed by atoms with van der Waals surface area (Å²) in [6.45, 7) is 0. The Morgan fingerprint density at radius 2 is 2.04 bits per heavy atom. The molecule has 0 aliphatic heterocycles. The number of benzene rings is 1. The van der Waals surface area contributed by atoms with Gasteiger partial charge in [-0.15, -0.1) is 0 Å². The third kappa shape index (κ3) is 3.06. The van der Waals surface area contributed by atoms with Gasteiger partial charge in [-0.1, -0.05) is 6.07 Å². The van der Waals surface area contributed by atoms with Gasteiger partial charge < -0.3 is 0 Å². The van der Waals surface area contributed by atoms with Crippen molar-refractivity contribution in [2.75, 3.05) is 6.26 Å². The number of aromatic nitrogens is 2. The van der Waals surface area contributed by atoms with Crippen LogP contribution >= 0.6 is 11.8 Å². The summed E-state index contributed by atoms with van der Waals surface area (Å²) < 4.78 is 24.9. The molecule has 0 spiro atoms. The second kappa shape index (κ2) is 5.67. The fraction of sp³-hybridized carbons (Fsp3) is 0.0714. The van der Waals surface area contributed by atoms with E-state index in [2.05, 4.69) is 4.98 Å². The zero-order chi connectivity index (χ0) is 16.6. The molecule has 0 aliphatic rings. The number of hydrogen-bond donors (Lipinski definition) is 0. The average molecular weight is 349 g/mol. The second-order valence-electron chi connectivity index (χ2n) is 4.80. The van der Waals surface area contributed by atoms with E-state index in [-0.39, 0.29) is 10.6 Å². The van der Waals surface area contributed by atoms with Crippen LogP contribution in [0.2, 0.25) is 0 Å². The molecule has 0 aliphatic carbocycles. The minimum atomic E-state index is -3.51. The predicted molar refractivity (Wildman–Crippen MR) is 85.5 cm³/mol. The third-order valence-electron chi connectivity index (χ3n) is 3.16. The average Bonchev–Trinajstić information content (AvgIpc) is 2.90. The van der Waals surface area contributed by atoms with Gasteiger partial charge in [-0.05, 0) is 36.0 Å². The molecule has 118 valence electrons. The molecule has 0 fully saturated rings. The topological polar surface area (TPSA) is 94.6 Å². The lowest BCUT2D eigenvalue weighted by Crippen LogP contribution is -2.00. The Balaban J connectivity index is 2.08. The molecule has 0 saturated carbocycles. The Bertz CT molecular complexity index is 1010. The first-order valence-electron chi connectivity index (χ1n) is 6.45. The first-order chi connectivity index (χ1) is 10.9. The van der Waals surface area contributed by atoms with Crippen molar-refractivity contribution in [1.29, 1.82) is 0 Å². The highest BCUT2D eigenvalue weighted by Gasteiger charge is 2.20. The fourth-order valence-electron chi connectivity index (χ4n) is 2.05. The number of pyridine rings is 1. The Labute approximate surface area is 136 Å². The summed E-state index contributed by atoms with van der Waals surface area (Å²) in [5.74, 6) is 0.